The minimum atomic E-state index is -0.795. The summed E-state index contributed by atoms with van der Waals surface area (Å²) < 4.78 is 16.0. The van der Waals surface area contributed by atoms with E-state index in [0.29, 0.717) is 22.8 Å². The highest BCUT2D eigenvalue weighted by Crippen LogP contribution is 2.40. The van der Waals surface area contributed by atoms with E-state index in [4.69, 9.17) is 13.6 Å². The van der Waals surface area contributed by atoms with Crippen molar-refractivity contribution in [2.45, 2.75) is 19.5 Å². The Morgan fingerprint density at radius 1 is 1.17 bits per heavy atom. The summed E-state index contributed by atoms with van der Waals surface area (Å²) in [6.45, 7) is 1.82. The van der Waals surface area contributed by atoms with Gasteiger partial charge in [0, 0.05) is 0 Å². The predicted molar refractivity (Wildman–Crippen MR) is 102 cm³/mol. The van der Waals surface area contributed by atoms with Crippen LogP contribution in [0, 0.1) is 6.92 Å². The quantitative estimate of drug-likeness (QED) is 0.637. The molecular formula is C22H19NO6. The van der Waals surface area contributed by atoms with Crippen molar-refractivity contribution < 1.29 is 28.3 Å². The van der Waals surface area contributed by atoms with Crippen molar-refractivity contribution in [3.05, 3.63) is 89.0 Å². The van der Waals surface area contributed by atoms with Gasteiger partial charge in [0.25, 0.3) is 5.91 Å². The third kappa shape index (κ3) is 3.31. The molecule has 1 unspecified atom stereocenters. The van der Waals surface area contributed by atoms with Gasteiger partial charge in [-0.15, -0.1) is 0 Å². The first-order chi connectivity index (χ1) is 14.0. The first-order valence-electron chi connectivity index (χ1n) is 9.01. The Kier molecular flexibility index (Phi) is 4.72. The van der Waals surface area contributed by atoms with Gasteiger partial charge in [0.15, 0.2) is 11.5 Å². The standard InChI is InChI=1S/C22H19NO6/c1-13-5-10-17(29-13)20(24)18-19(14-6-8-15(27-2)9-7-14)23(22(26)21(18)25)12-16-4-3-11-28-16/h3-11,19,25H,12H2,1-2H3. The highest BCUT2D eigenvalue weighted by molar-refractivity contribution is 6.15. The molecule has 1 aliphatic rings. The zero-order valence-corrected chi connectivity index (χ0v) is 15.9. The van der Waals surface area contributed by atoms with Crippen molar-refractivity contribution in [1.82, 2.24) is 4.90 Å². The van der Waals surface area contributed by atoms with Gasteiger partial charge in [-0.05, 0) is 48.9 Å². The second kappa shape index (κ2) is 7.35. The van der Waals surface area contributed by atoms with Gasteiger partial charge in [-0.25, -0.2) is 0 Å². The number of aliphatic hydroxyl groups is 1. The van der Waals surface area contributed by atoms with E-state index in [0.717, 1.165) is 0 Å². The van der Waals surface area contributed by atoms with Gasteiger partial charge in [0.05, 0.1) is 31.5 Å². The van der Waals surface area contributed by atoms with Gasteiger partial charge in [0.1, 0.15) is 17.3 Å². The van der Waals surface area contributed by atoms with Gasteiger partial charge in [-0.2, -0.15) is 0 Å². The lowest BCUT2D eigenvalue weighted by molar-refractivity contribution is -0.130. The number of ether oxygens (including phenoxy) is 1. The Labute approximate surface area is 166 Å². The molecule has 1 aliphatic heterocycles. The first kappa shape index (κ1) is 18.6. The van der Waals surface area contributed by atoms with E-state index in [1.54, 1.807) is 56.5 Å². The maximum atomic E-state index is 13.1. The van der Waals surface area contributed by atoms with Crippen molar-refractivity contribution in [2.24, 2.45) is 0 Å². The minimum Gasteiger partial charge on any atom is -0.503 e. The molecule has 0 aliphatic carbocycles. The summed E-state index contributed by atoms with van der Waals surface area (Å²) in [5.41, 5.74) is 0.627. The summed E-state index contributed by atoms with van der Waals surface area (Å²) in [7, 11) is 1.55. The lowest BCUT2D eigenvalue weighted by Crippen LogP contribution is -2.30. The second-order valence-corrected chi connectivity index (χ2v) is 6.69. The van der Waals surface area contributed by atoms with E-state index in [9.17, 15) is 14.7 Å². The maximum absolute atomic E-state index is 13.1. The first-order valence-corrected chi connectivity index (χ1v) is 9.01. The lowest BCUT2D eigenvalue weighted by Gasteiger charge is -2.26. The number of aliphatic hydroxyl groups excluding tert-OH is 1. The van der Waals surface area contributed by atoms with Gasteiger partial charge in [-0.1, -0.05) is 12.1 Å². The van der Waals surface area contributed by atoms with Crippen LogP contribution in [0.2, 0.25) is 0 Å². The Balaban J connectivity index is 1.79. The smallest absolute Gasteiger partial charge is 0.290 e. The molecule has 29 heavy (non-hydrogen) atoms. The number of carbonyl (C=O) groups excluding carboxylic acids is 2. The normalized spacial score (nSPS) is 16.6. The summed E-state index contributed by atoms with van der Waals surface area (Å²) >= 11 is 0. The van der Waals surface area contributed by atoms with Crippen molar-refractivity contribution >= 4 is 11.7 Å². The topological polar surface area (TPSA) is 93.1 Å². The maximum Gasteiger partial charge on any atom is 0.290 e. The zero-order valence-electron chi connectivity index (χ0n) is 15.9. The number of methoxy groups -OCH3 is 1. The van der Waals surface area contributed by atoms with Gasteiger partial charge >= 0.3 is 0 Å². The van der Waals surface area contributed by atoms with Gasteiger partial charge in [0.2, 0.25) is 5.78 Å². The molecule has 1 N–H and O–H groups in total. The van der Waals surface area contributed by atoms with Gasteiger partial charge in [-0.3, -0.25) is 9.59 Å². The molecule has 3 aromatic rings. The van der Waals surface area contributed by atoms with Crippen LogP contribution < -0.4 is 4.74 Å². The molecule has 0 bridgehead atoms. The number of ketones is 1. The molecule has 0 spiro atoms. The summed E-state index contributed by atoms with van der Waals surface area (Å²) in [5.74, 6) is 0.0315. The molecule has 0 fully saturated rings. The number of benzene rings is 1. The molecule has 7 heteroatoms. The molecule has 0 saturated heterocycles. The van der Waals surface area contributed by atoms with Crippen molar-refractivity contribution in [1.29, 1.82) is 0 Å². The van der Waals surface area contributed by atoms with Crippen LogP contribution in [0.1, 0.15) is 33.7 Å². The van der Waals surface area contributed by atoms with Crippen LogP contribution in [-0.2, 0) is 11.3 Å². The van der Waals surface area contributed by atoms with E-state index < -0.39 is 23.5 Å². The Morgan fingerprint density at radius 2 is 1.93 bits per heavy atom. The van der Waals surface area contributed by atoms with E-state index in [1.807, 2.05) is 0 Å². The van der Waals surface area contributed by atoms with E-state index in [1.165, 1.54) is 17.2 Å². The number of rotatable bonds is 6. The number of amides is 1. The Morgan fingerprint density at radius 3 is 2.52 bits per heavy atom. The minimum absolute atomic E-state index is 0.0268. The summed E-state index contributed by atoms with van der Waals surface area (Å²) in [5, 5.41) is 10.6. The van der Waals surface area contributed by atoms with Crippen LogP contribution in [0.3, 0.4) is 0 Å². The lowest BCUT2D eigenvalue weighted by atomic mass is 9.95. The fourth-order valence-corrected chi connectivity index (χ4v) is 3.44. The monoisotopic (exact) mass is 393 g/mol. The van der Waals surface area contributed by atoms with Crippen LogP contribution in [0.4, 0.5) is 0 Å². The van der Waals surface area contributed by atoms with E-state index in [-0.39, 0.29) is 17.9 Å². The highest BCUT2D eigenvalue weighted by atomic mass is 16.5. The fourth-order valence-electron chi connectivity index (χ4n) is 3.44. The van der Waals surface area contributed by atoms with Crippen LogP contribution in [0.5, 0.6) is 5.75 Å². The molecule has 148 valence electrons. The molecule has 1 amide bonds. The van der Waals surface area contributed by atoms with Gasteiger partial charge < -0.3 is 23.6 Å². The van der Waals surface area contributed by atoms with Crippen molar-refractivity contribution in [3.63, 3.8) is 0 Å². The Hall–Kier alpha value is -3.74. The van der Waals surface area contributed by atoms with E-state index >= 15 is 0 Å². The van der Waals surface area contributed by atoms with Crippen molar-refractivity contribution in [2.75, 3.05) is 7.11 Å². The zero-order chi connectivity index (χ0) is 20.5. The van der Waals surface area contributed by atoms with E-state index in [2.05, 4.69) is 0 Å². The van der Waals surface area contributed by atoms with Crippen LogP contribution >= 0.6 is 0 Å². The molecule has 3 heterocycles. The Bertz CT molecular complexity index is 1070. The number of nitrogens with zero attached hydrogens (tertiary/aromatic N) is 1. The van der Waals surface area contributed by atoms with Crippen LogP contribution in [0.15, 0.2) is 75.0 Å². The van der Waals surface area contributed by atoms with Crippen molar-refractivity contribution in [3.8, 4) is 5.75 Å². The molecule has 4 rings (SSSR count). The molecule has 1 aromatic carbocycles. The third-order valence-electron chi connectivity index (χ3n) is 4.85. The molecule has 0 radical (unpaired) electrons. The molecule has 1 atom stereocenters. The average molecular weight is 393 g/mol. The highest BCUT2D eigenvalue weighted by Gasteiger charge is 2.44. The van der Waals surface area contributed by atoms with Crippen LogP contribution in [-0.4, -0.2) is 28.8 Å². The third-order valence-corrected chi connectivity index (χ3v) is 4.85. The summed E-state index contributed by atoms with van der Waals surface area (Å²) in [6, 6.07) is 12.8. The largest absolute Gasteiger partial charge is 0.503 e. The number of hydrogen-bond acceptors (Lipinski definition) is 6. The SMILES string of the molecule is COc1ccc(C2C(C(=O)c3ccc(C)o3)=C(O)C(=O)N2Cc2ccco2)cc1. The summed E-state index contributed by atoms with van der Waals surface area (Å²) in [6.07, 6.45) is 1.50. The average Bonchev–Trinajstić information content (AvgIpc) is 3.45. The summed E-state index contributed by atoms with van der Waals surface area (Å²) in [4.78, 5) is 27.4. The predicted octanol–water partition coefficient (Wildman–Crippen LogP) is 3.97. The molecule has 2 aromatic heterocycles. The second-order valence-electron chi connectivity index (χ2n) is 6.69. The molecule has 7 nitrogen and oxygen atoms in total. The van der Waals surface area contributed by atoms with Crippen LogP contribution in [0.25, 0.3) is 0 Å². The number of aryl methyl sites for hydroxylation is 1. The number of carbonyl (C=O) groups is 2. The number of hydrogen-bond donors (Lipinski definition) is 1. The number of Topliss-reactive ketones (excluding diaryl/α,β-unsaturated/α-hetero) is 1. The molecular weight excluding hydrogens is 374 g/mol. The fraction of sp³-hybridized carbons (Fsp3) is 0.182. The number of furan rings is 2. The molecule has 0 saturated carbocycles.